The first kappa shape index (κ1) is 15.6. The summed E-state index contributed by atoms with van der Waals surface area (Å²) in [7, 11) is 1.97. The number of aromatic nitrogens is 3. The van der Waals surface area contributed by atoms with E-state index < -0.39 is 0 Å². The van der Waals surface area contributed by atoms with E-state index in [2.05, 4.69) is 41.3 Å². The van der Waals surface area contributed by atoms with Crippen LogP contribution in [0.2, 0.25) is 0 Å². The van der Waals surface area contributed by atoms with Gasteiger partial charge in [-0.15, -0.1) is 0 Å². The van der Waals surface area contributed by atoms with Gasteiger partial charge in [0.25, 0.3) is 0 Å². The minimum atomic E-state index is 0.544. The maximum atomic E-state index is 6.03. The van der Waals surface area contributed by atoms with Crippen LogP contribution in [0.15, 0.2) is 71.6 Å². The van der Waals surface area contributed by atoms with Crippen molar-refractivity contribution >= 4 is 21.9 Å². The maximum Gasteiger partial charge on any atom is 0.230 e. The van der Waals surface area contributed by atoms with Crippen molar-refractivity contribution in [3.63, 3.8) is 0 Å². The number of nitrogens with zero attached hydrogens (tertiary/aromatic N) is 3. The second-order valence-electron chi connectivity index (χ2n) is 6.54. The Balaban J connectivity index is 1.56. The Kier molecular flexibility index (Phi) is 3.47. The van der Waals surface area contributed by atoms with Crippen LogP contribution in [0.4, 0.5) is 0 Å². The Morgan fingerprint density at radius 1 is 1.04 bits per heavy atom. The summed E-state index contributed by atoms with van der Waals surface area (Å²) in [4.78, 5) is 4.34. The standard InChI is InChI=1S/C22H17N3O2/c1-14-12-16(27-22-19-9-11-26-20(19)8-10-23-22)6-7-17(14)18-5-3-4-15-13-24-25(2)21(15)18/h3-13H,1-2H3. The van der Waals surface area contributed by atoms with Gasteiger partial charge in [-0.1, -0.05) is 24.3 Å². The second-order valence-corrected chi connectivity index (χ2v) is 6.54. The summed E-state index contributed by atoms with van der Waals surface area (Å²) in [5.74, 6) is 1.29. The summed E-state index contributed by atoms with van der Waals surface area (Å²) in [6, 6.07) is 16.0. The molecule has 27 heavy (non-hydrogen) atoms. The average molecular weight is 355 g/mol. The summed E-state index contributed by atoms with van der Waals surface area (Å²) in [5.41, 5.74) is 5.33. The van der Waals surface area contributed by atoms with Crippen LogP contribution in [0.5, 0.6) is 11.6 Å². The lowest BCUT2D eigenvalue weighted by Gasteiger charge is -2.11. The van der Waals surface area contributed by atoms with Gasteiger partial charge in [0.1, 0.15) is 11.3 Å². The van der Waals surface area contributed by atoms with Crippen LogP contribution in [0, 0.1) is 6.92 Å². The number of hydrogen-bond donors (Lipinski definition) is 0. The van der Waals surface area contributed by atoms with Gasteiger partial charge in [-0.05, 0) is 42.3 Å². The van der Waals surface area contributed by atoms with Crippen molar-refractivity contribution in [1.82, 2.24) is 14.8 Å². The number of para-hydroxylation sites is 1. The highest BCUT2D eigenvalue weighted by Crippen LogP contribution is 2.34. The zero-order valence-corrected chi connectivity index (χ0v) is 15.0. The van der Waals surface area contributed by atoms with Gasteiger partial charge in [-0.2, -0.15) is 5.10 Å². The highest BCUT2D eigenvalue weighted by molar-refractivity contribution is 5.94. The molecule has 0 spiro atoms. The Labute approximate surface area is 155 Å². The number of benzene rings is 2. The van der Waals surface area contributed by atoms with E-state index >= 15 is 0 Å². The van der Waals surface area contributed by atoms with Crippen LogP contribution in [0.3, 0.4) is 0 Å². The fourth-order valence-corrected chi connectivity index (χ4v) is 3.51. The van der Waals surface area contributed by atoms with Gasteiger partial charge in [0.15, 0.2) is 0 Å². The highest BCUT2D eigenvalue weighted by atomic mass is 16.5. The van der Waals surface area contributed by atoms with Crippen molar-refractivity contribution in [2.45, 2.75) is 6.92 Å². The monoisotopic (exact) mass is 355 g/mol. The molecule has 0 atom stereocenters. The van der Waals surface area contributed by atoms with E-state index in [1.807, 2.05) is 42.2 Å². The molecule has 0 fully saturated rings. The van der Waals surface area contributed by atoms with Crippen molar-refractivity contribution in [3.8, 4) is 22.8 Å². The van der Waals surface area contributed by atoms with E-state index in [1.165, 1.54) is 0 Å². The fourth-order valence-electron chi connectivity index (χ4n) is 3.51. The maximum absolute atomic E-state index is 6.03. The van der Waals surface area contributed by atoms with Crippen LogP contribution < -0.4 is 4.74 Å². The van der Waals surface area contributed by atoms with E-state index in [0.29, 0.717) is 5.88 Å². The predicted octanol–water partition coefficient (Wildman–Crippen LogP) is 5.48. The first-order valence-corrected chi connectivity index (χ1v) is 8.72. The molecular formula is C22H17N3O2. The van der Waals surface area contributed by atoms with Crippen LogP contribution in [-0.4, -0.2) is 14.8 Å². The average Bonchev–Trinajstić information content (AvgIpc) is 3.30. The third-order valence-corrected chi connectivity index (χ3v) is 4.81. The molecule has 5 aromatic rings. The fraction of sp³-hybridized carbons (Fsp3) is 0.0909. The minimum absolute atomic E-state index is 0.544. The number of pyridine rings is 1. The molecule has 0 radical (unpaired) electrons. The third-order valence-electron chi connectivity index (χ3n) is 4.81. The molecule has 2 aromatic carbocycles. The molecule has 0 unspecified atom stereocenters. The van der Waals surface area contributed by atoms with E-state index in [0.717, 1.165) is 44.3 Å². The van der Waals surface area contributed by atoms with Gasteiger partial charge in [-0.25, -0.2) is 4.98 Å². The van der Waals surface area contributed by atoms with Crippen molar-refractivity contribution in [2.75, 3.05) is 0 Å². The molecule has 5 heteroatoms. The van der Waals surface area contributed by atoms with Gasteiger partial charge in [0.2, 0.25) is 5.88 Å². The quantitative estimate of drug-likeness (QED) is 0.430. The molecule has 0 aliphatic heterocycles. The van der Waals surface area contributed by atoms with E-state index in [1.54, 1.807) is 12.5 Å². The molecule has 0 amide bonds. The molecule has 3 heterocycles. The van der Waals surface area contributed by atoms with Crippen molar-refractivity contribution in [2.24, 2.45) is 7.05 Å². The van der Waals surface area contributed by atoms with Crippen LogP contribution in [-0.2, 0) is 7.05 Å². The summed E-state index contributed by atoms with van der Waals surface area (Å²) >= 11 is 0. The van der Waals surface area contributed by atoms with E-state index in [4.69, 9.17) is 9.15 Å². The Bertz CT molecular complexity index is 1280. The Morgan fingerprint density at radius 2 is 1.96 bits per heavy atom. The lowest BCUT2D eigenvalue weighted by Crippen LogP contribution is -1.94. The Morgan fingerprint density at radius 3 is 2.85 bits per heavy atom. The lowest BCUT2D eigenvalue weighted by atomic mass is 9.98. The number of fused-ring (bicyclic) bond motifs is 2. The molecular weight excluding hydrogens is 338 g/mol. The van der Waals surface area contributed by atoms with Gasteiger partial charge in [0, 0.05) is 24.2 Å². The number of furan rings is 1. The molecule has 0 saturated carbocycles. The largest absolute Gasteiger partial charge is 0.464 e. The summed E-state index contributed by atoms with van der Waals surface area (Å²) in [6.07, 6.45) is 5.22. The number of ether oxygens (including phenoxy) is 1. The number of hydrogen-bond acceptors (Lipinski definition) is 4. The van der Waals surface area contributed by atoms with Crippen molar-refractivity contribution in [3.05, 3.63) is 72.8 Å². The minimum Gasteiger partial charge on any atom is -0.464 e. The number of aryl methyl sites for hydroxylation is 2. The predicted molar refractivity (Wildman–Crippen MR) is 105 cm³/mol. The molecule has 3 aromatic heterocycles. The van der Waals surface area contributed by atoms with Crippen molar-refractivity contribution < 1.29 is 9.15 Å². The smallest absolute Gasteiger partial charge is 0.230 e. The molecule has 0 bridgehead atoms. The van der Waals surface area contributed by atoms with Gasteiger partial charge in [0.05, 0.1) is 23.4 Å². The molecule has 0 saturated heterocycles. The van der Waals surface area contributed by atoms with Gasteiger partial charge >= 0.3 is 0 Å². The molecule has 0 N–H and O–H groups in total. The zero-order valence-electron chi connectivity index (χ0n) is 15.0. The zero-order chi connectivity index (χ0) is 18.4. The van der Waals surface area contributed by atoms with Crippen LogP contribution in [0.25, 0.3) is 33.0 Å². The summed E-state index contributed by atoms with van der Waals surface area (Å²) < 4.78 is 13.4. The van der Waals surface area contributed by atoms with E-state index in [9.17, 15) is 0 Å². The normalized spacial score (nSPS) is 11.3. The van der Waals surface area contributed by atoms with Crippen molar-refractivity contribution in [1.29, 1.82) is 0 Å². The SMILES string of the molecule is Cc1cc(Oc2nccc3occc23)ccc1-c1cccc2cnn(C)c12. The topological polar surface area (TPSA) is 53.1 Å². The second kappa shape index (κ2) is 5.99. The third kappa shape index (κ3) is 2.56. The van der Waals surface area contributed by atoms with E-state index in [-0.39, 0.29) is 0 Å². The lowest BCUT2D eigenvalue weighted by molar-refractivity contribution is 0.468. The molecule has 0 aliphatic carbocycles. The first-order chi connectivity index (χ1) is 13.2. The molecule has 5 nitrogen and oxygen atoms in total. The Hall–Kier alpha value is -3.60. The summed E-state index contributed by atoms with van der Waals surface area (Å²) in [6.45, 7) is 2.09. The molecule has 5 rings (SSSR count). The van der Waals surface area contributed by atoms with Crippen LogP contribution >= 0.6 is 0 Å². The van der Waals surface area contributed by atoms with Gasteiger partial charge < -0.3 is 9.15 Å². The van der Waals surface area contributed by atoms with Gasteiger partial charge in [-0.3, -0.25) is 4.68 Å². The first-order valence-electron chi connectivity index (χ1n) is 8.72. The molecule has 132 valence electrons. The van der Waals surface area contributed by atoms with Crippen LogP contribution in [0.1, 0.15) is 5.56 Å². The highest BCUT2D eigenvalue weighted by Gasteiger charge is 2.12. The summed E-state index contributed by atoms with van der Waals surface area (Å²) in [5, 5.41) is 6.37. The number of rotatable bonds is 3. The molecule has 0 aliphatic rings.